The predicted octanol–water partition coefficient (Wildman–Crippen LogP) is 5.60. The summed E-state index contributed by atoms with van der Waals surface area (Å²) in [5.74, 6) is -0.195. The number of hydroxylamine groups is 1. The molecule has 0 saturated carbocycles. The fourth-order valence-electron chi connectivity index (χ4n) is 4.76. The molecule has 8 heteroatoms. The maximum absolute atomic E-state index is 12.8. The lowest BCUT2D eigenvalue weighted by Crippen LogP contribution is -2.34. The zero-order valence-electron chi connectivity index (χ0n) is 21.9. The van der Waals surface area contributed by atoms with Gasteiger partial charge in [0, 0.05) is 42.0 Å². The number of fused-ring (bicyclic) bond motifs is 1. The van der Waals surface area contributed by atoms with E-state index in [0.717, 1.165) is 69.2 Å². The molecular weight excluding hydrogens is 482 g/mol. The Labute approximate surface area is 224 Å². The fraction of sp³-hybridized carbons (Fsp3) is 0.433. The van der Waals surface area contributed by atoms with E-state index in [1.54, 1.807) is 23.1 Å². The predicted molar refractivity (Wildman–Crippen MR) is 147 cm³/mol. The molecule has 2 aliphatic rings. The van der Waals surface area contributed by atoms with Crippen LogP contribution in [0.1, 0.15) is 80.1 Å². The largest absolute Gasteiger partial charge is 0.379 e. The molecule has 3 amide bonds. The van der Waals surface area contributed by atoms with Gasteiger partial charge >= 0.3 is 0 Å². The lowest BCUT2D eigenvalue weighted by Gasteiger charge is -2.21. The van der Waals surface area contributed by atoms with Gasteiger partial charge in [-0.05, 0) is 56.0 Å². The van der Waals surface area contributed by atoms with Crippen molar-refractivity contribution in [3.05, 3.63) is 66.2 Å². The van der Waals surface area contributed by atoms with E-state index in [2.05, 4.69) is 17.4 Å². The summed E-state index contributed by atoms with van der Waals surface area (Å²) in [4.78, 5) is 44.0. The van der Waals surface area contributed by atoms with Gasteiger partial charge in [0.05, 0.1) is 12.3 Å². The Morgan fingerprint density at radius 2 is 1.58 bits per heavy atom. The third-order valence-corrected chi connectivity index (χ3v) is 6.87. The second-order valence-corrected chi connectivity index (χ2v) is 9.83. The van der Waals surface area contributed by atoms with Crippen LogP contribution in [0.2, 0.25) is 0 Å². The first-order chi connectivity index (χ1) is 18.5. The molecule has 202 valence electrons. The zero-order chi connectivity index (χ0) is 26.7. The molecule has 38 heavy (non-hydrogen) atoms. The Morgan fingerprint density at radius 3 is 2.24 bits per heavy atom. The molecule has 0 bridgehead atoms. The summed E-state index contributed by atoms with van der Waals surface area (Å²) < 4.78 is 5.33. The number of unbranched alkanes of at least 4 members (excludes halogenated alkanes) is 5. The summed E-state index contributed by atoms with van der Waals surface area (Å²) in [6, 6.07) is 14.7. The van der Waals surface area contributed by atoms with Crippen molar-refractivity contribution in [2.75, 3.05) is 23.4 Å². The monoisotopic (exact) mass is 519 g/mol. The SMILES string of the molecule is C=C1c2ccccc2C(=O)N1c1ccc(NC(=O)CCCCCCCCC(=O)NOC2CCCOC2)cc1. The summed E-state index contributed by atoms with van der Waals surface area (Å²) in [5, 5.41) is 2.93. The van der Waals surface area contributed by atoms with E-state index in [0.29, 0.717) is 36.4 Å². The lowest BCUT2D eigenvalue weighted by atomic mass is 10.1. The molecule has 2 aromatic carbocycles. The Morgan fingerprint density at radius 1 is 0.921 bits per heavy atom. The van der Waals surface area contributed by atoms with Crippen LogP contribution < -0.4 is 15.7 Å². The number of nitrogens with one attached hydrogen (secondary N) is 2. The van der Waals surface area contributed by atoms with Gasteiger partial charge in [0.15, 0.2) is 0 Å². The second-order valence-electron chi connectivity index (χ2n) is 9.83. The van der Waals surface area contributed by atoms with Crippen LogP contribution in [0.5, 0.6) is 0 Å². The fourth-order valence-corrected chi connectivity index (χ4v) is 4.76. The molecule has 0 radical (unpaired) electrons. The van der Waals surface area contributed by atoms with E-state index >= 15 is 0 Å². The topological polar surface area (TPSA) is 97.0 Å². The zero-order valence-corrected chi connectivity index (χ0v) is 21.9. The van der Waals surface area contributed by atoms with Crippen molar-refractivity contribution in [3.8, 4) is 0 Å². The quantitative estimate of drug-likeness (QED) is 0.265. The Kier molecular flexibility index (Phi) is 10.1. The summed E-state index contributed by atoms with van der Waals surface area (Å²) in [6.45, 7) is 5.39. The van der Waals surface area contributed by atoms with Crippen LogP contribution in [-0.4, -0.2) is 37.0 Å². The van der Waals surface area contributed by atoms with Crippen molar-refractivity contribution in [2.24, 2.45) is 0 Å². The number of anilines is 2. The summed E-state index contributed by atoms with van der Waals surface area (Å²) >= 11 is 0. The van der Waals surface area contributed by atoms with Gasteiger partial charge < -0.3 is 10.1 Å². The van der Waals surface area contributed by atoms with E-state index < -0.39 is 0 Å². The Balaban J connectivity index is 1.06. The average Bonchev–Trinajstić information content (AvgIpc) is 3.19. The van der Waals surface area contributed by atoms with E-state index in [9.17, 15) is 14.4 Å². The van der Waals surface area contributed by atoms with Gasteiger partial charge in [0.25, 0.3) is 5.91 Å². The van der Waals surface area contributed by atoms with Crippen molar-refractivity contribution < 1.29 is 24.0 Å². The number of carbonyl (C=O) groups is 3. The van der Waals surface area contributed by atoms with Crippen LogP contribution in [0.4, 0.5) is 11.4 Å². The maximum atomic E-state index is 12.8. The van der Waals surface area contributed by atoms with Crippen molar-refractivity contribution in [3.63, 3.8) is 0 Å². The molecule has 1 unspecified atom stereocenters. The third-order valence-electron chi connectivity index (χ3n) is 6.87. The van der Waals surface area contributed by atoms with Crippen LogP contribution in [0.25, 0.3) is 5.70 Å². The highest BCUT2D eigenvalue weighted by Crippen LogP contribution is 2.35. The number of nitrogens with zero attached hydrogens (tertiary/aromatic N) is 1. The minimum absolute atomic E-state index is 0.0214. The summed E-state index contributed by atoms with van der Waals surface area (Å²) in [7, 11) is 0. The van der Waals surface area contributed by atoms with Crippen molar-refractivity contribution >= 4 is 34.8 Å². The maximum Gasteiger partial charge on any atom is 0.263 e. The number of ether oxygens (including phenoxy) is 1. The van der Waals surface area contributed by atoms with Crippen LogP contribution >= 0.6 is 0 Å². The van der Waals surface area contributed by atoms with Crippen molar-refractivity contribution in [1.82, 2.24) is 5.48 Å². The molecule has 0 spiro atoms. The Bertz CT molecular complexity index is 1090. The van der Waals surface area contributed by atoms with Gasteiger partial charge in [-0.1, -0.05) is 50.5 Å². The van der Waals surface area contributed by atoms with Gasteiger partial charge in [-0.25, -0.2) is 5.48 Å². The van der Waals surface area contributed by atoms with E-state index in [4.69, 9.17) is 9.57 Å². The second kappa shape index (κ2) is 13.9. The van der Waals surface area contributed by atoms with Crippen LogP contribution in [0, 0.1) is 0 Å². The van der Waals surface area contributed by atoms with Crippen LogP contribution in [0.3, 0.4) is 0 Å². The molecular formula is C30H37N3O5. The normalized spacial score (nSPS) is 16.8. The number of hydrogen-bond donors (Lipinski definition) is 2. The number of carbonyl (C=O) groups excluding carboxylic acids is 3. The highest BCUT2D eigenvalue weighted by atomic mass is 16.7. The van der Waals surface area contributed by atoms with E-state index in [-0.39, 0.29) is 23.8 Å². The summed E-state index contributed by atoms with van der Waals surface area (Å²) in [6.07, 6.45) is 8.44. The summed E-state index contributed by atoms with van der Waals surface area (Å²) in [5.41, 5.74) is 6.11. The van der Waals surface area contributed by atoms with Gasteiger partial charge in [-0.3, -0.25) is 24.1 Å². The minimum atomic E-state index is -0.0927. The van der Waals surface area contributed by atoms with Crippen molar-refractivity contribution in [2.45, 2.75) is 70.3 Å². The standard InChI is InChI=1S/C30H37N3O5/c1-22-26-12-8-9-13-27(26)30(36)33(22)24-18-16-23(17-19-24)31-28(34)14-6-4-2-3-5-7-15-29(35)32-38-25-11-10-20-37-21-25/h8-9,12-13,16-19,25H,1-7,10-11,14-15,20-21H2,(H,31,34)(H,32,35). The number of amides is 3. The van der Waals surface area contributed by atoms with E-state index in [1.807, 2.05) is 30.3 Å². The first kappa shape index (κ1) is 27.5. The molecule has 0 aliphatic carbocycles. The molecule has 8 nitrogen and oxygen atoms in total. The number of rotatable bonds is 13. The third kappa shape index (κ3) is 7.52. The molecule has 4 rings (SSSR count). The van der Waals surface area contributed by atoms with Crippen LogP contribution in [-0.2, 0) is 19.2 Å². The molecule has 2 aromatic rings. The first-order valence-electron chi connectivity index (χ1n) is 13.6. The first-order valence-corrected chi connectivity index (χ1v) is 13.6. The number of benzene rings is 2. The average molecular weight is 520 g/mol. The van der Waals surface area contributed by atoms with Crippen LogP contribution in [0.15, 0.2) is 55.1 Å². The molecule has 2 aliphatic heterocycles. The molecule has 1 fully saturated rings. The minimum Gasteiger partial charge on any atom is -0.379 e. The Hall–Kier alpha value is -3.49. The van der Waals surface area contributed by atoms with Gasteiger partial charge in [-0.15, -0.1) is 0 Å². The van der Waals surface area contributed by atoms with Gasteiger partial charge in [-0.2, -0.15) is 0 Å². The lowest BCUT2D eigenvalue weighted by molar-refractivity contribution is -0.146. The molecule has 1 saturated heterocycles. The highest BCUT2D eigenvalue weighted by molar-refractivity contribution is 6.22. The van der Waals surface area contributed by atoms with Gasteiger partial charge in [0.1, 0.15) is 6.10 Å². The smallest absolute Gasteiger partial charge is 0.263 e. The highest BCUT2D eigenvalue weighted by Gasteiger charge is 2.31. The molecule has 2 N–H and O–H groups in total. The number of hydrogen-bond acceptors (Lipinski definition) is 5. The molecule has 2 heterocycles. The molecule has 1 atom stereocenters. The molecule has 0 aromatic heterocycles. The van der Waals surface area contributed by atoms with Gasteiger partial charge in [0.2, 0.25) is 11.8 Å². The van der Waals surface area contributed by atoms with E-state index in [1.165, 1.54) is 0 Å². The van der Waals surface area contributed by atoms with Crippen molar-refractivity contribution in [1.29, 1.82) is 0 Å².